The molecule has 4 rings (SSSR count). The van der Waals surface area contributed by atoms with Crippen LogP contribution in [0.25, 0.3) is 0 Å². The Morgan fingerprint density at radius 3 is 2.17 bits per heavy atom. The zero-order valence-corrected chi connectivity index (χ0v) is 14.5. The quantitative estimate of drug-likeness (QED) is 0.689. The summed E-state index contributed by atoms with van der Waals surface area (Å²) in [6.07, 6.45) is 6.25. The van der Waals surface area contributed by atoms with Gasteiger partial charge in [0.25, 0.3) is 0 Å². The highest BCUT2D eigenvalue weighted by Crippen LogP contribution is 2.49. The van der Waals surface area contributed by atoms with Gasteiger partial charge in [-0.25, -0.2) is 9.59 Å². The van der Waals surface area contributed by atoms with Crippen molar-refractivity contribution in [3.63, 3.8) is 0 Å². The molecule has 4 heterocycles. The minimum atomic E-state index is -0.535. The Balaban J connectivity index is 1.87. The molecule has 23 heavy (non-hydrogen) atoms. The molecule has 0 N–H and O–H groups in total. The molecule has 0 aromatic rings. The van der Waals surface area contributed by atoms with Crippen molar-refractivity contribution in [2.24, 2.45) is 0 Å². The molecule has 4 fully saturated rings. The van der Waals surface area contributed by atoms with Crippen LogP contribution in [0.15, 0.2) is 0 Å². The third kappa shape index (κ3) is 1.81. The van der Waals surface area contributed by atoms with Crippen LogP contribution < -0.4 is 0 Å². The van der Waals surface area contributed by atoms with Gasteiger partial charge in [-0.2, -0.15) is 0 Å². The van der Waals surface area contributed by atoms with Crippen molar-refractivity contribution in [3.05, 3.63) is 0 Å². The van der Waals surface area contributed by atoms with Crippen molar-refractivity contribution in [2.45, 2.75) is 76.7 Å². The highest BCUT2D eigenvalue weighted by atomic mass is 16.2. The minimum Gasteiger partial charge on any atom is -0.300 e. The lowest BCUT2D eigenvalue weighted by atomic mass is 9.92. The molecule has 4 bridgehead atoms. The van der Waals surface area contributed by atoms with E-state index in [-0.39, 0.29) is 23.8 Å². The summed E-state index contributed by atoms with van der Waals surface area (Å²) in [5, 5.41) is 0. The van der Waals surface area contributed by atoms with Crippen LogP contribution in [0.4, 0.5) is 9.59 Å². The third-order valence-electron chi connectivity index (χ3n) is 6.32. The second kappa shape index (κ2) is 4.77. The Labute approximate surface area is 138 Å². The maximum Gasteiger partial charge on any atom is 0.324 e. The summed E-state index contributed by atoms with van der Waals surface area (Å²) >= 11 is 0. The molecule has 2 atom stereocenters. The van der Waals surface area contributed by atoms with Gasteiger partial charge < -0.3 is 0 Å². The largest absolute Gasteiger partial charge is 0.324 e. The van der Waals surface area contributed by atoms with Crippen molar-refractivity contribution < 1.29 is 9.59 Å². The molecule has 128 valence electrons. The Bertz CT molecular complexity index is 549. The number of hydrogen-bond acceptors (Lipinski definition) is 2. The van der Waals surface area contributed by atoms with Crippen LogP contribution in [-0.4, -0.2) is 68.7 Å². The number of carbonyl (C=O) groups excluding carboxylic acids is 2. The second-order valence-electron chi connectivity index (χ2n) is 8.24. The second-order valence-corrected chi connectivity index (χ2v) is 8.24. The minimum absolute atomic E-state index is 0.116. The number of fused-ring (bicyclic) bond motifs is 9. The summed E-state index contributed by atoms with van der Waals surface area (Å²) < 4.78 is 0. The summed E-state index contributed by atoms with van der Waals surface area (Å²) in [5.74, 6) is 0. The van der Waals surface area contributed by atoms with E-state index in [2.05, 4.69) is 20.8 Å². The zero-order valence-electron chi connectivity index (χ0n) is 14.5. The molecule has 4 aliphatic rings. The van der Waals surface area contributed by atoms with Gasteiger partial charge >= 0.3 is 12.1 Å². The van der Waals surface area contributed by atoms with E-state index in [1.54, 1.807) is 0 Å². The Morgan fingerprint density at radius 2 is 1.43 bits per heavy atom. The molecule has 4 saturated heterocycles. The molecule has 0 radical (unpaired) electrons. The normalized spacial score (nSPS) is 36.6. The van der Waals surface area contributed by atoms with Crippen molar-refractivity contribution in [1.29, 1.82) is 0 Å². The molecule has 0 aliphatic carbocycles. The van der Waals surface area contributed by atoms with Crippen LogP contribution in [-0.2, 0) is 0 Å². The molecule has 6 heteroatoms. The summed E-state index contributed by atoms with van der Waals surface area (Å²) in [4.78, 5) is 34.2. The first kappa shape index (κ1) is 15.1. The fourth-order valence-electron chi connectivity index (χ4n) is 5.32. The van der Waals surface area contributed by atoms with Gasteiger partial charge in [0.2, 0.25) is 0 Å². The molecule has 0 spiro atoms. The van der Waals surface area contributed by atoms with Crippen molar-refractivity contribution >= 4 is 12.1 Å². The van der Waals surface area contributed by atoms with E-state index in [0.717, 1.165) is 58.2 Å². The Morgan fingerprint density at radius 1 is 0.826 bits per heavy atom. The van der Waals surface area contributed by atoms with E-state index in [0.29, 0.717) is 0 Å². The van der Waals surface area contributed by atoms with E-state index in [1.165, 1.54) is 0 Å². The predicted molar refractivity (Wildman–Crippen MR) is 86.7 cm³/mol. The fraction of sp³-hybridized carbons (Fsp3) is 0.882. The van der Waals surface area contributed by atoms with Crippen LogP contribution in [0.2, 0.25) is 0 Å². The summed E-state index contributed by atoms with van der Waals surface area (Å²) in [7, 11) is 0. The van der Waals surface area contributed by atoms with E-state index in [1.807, 2.05) is 19.6 Å². The van der Waals surface area contributed by atoms with Crippen molar-refractivity contribution in [1.82, 2.24) is 19.6 Å². The van der Waals surface area contributed by atoms with Crippen molar-refractivity contribution in [3.8, 4) is 0 Å². The molecule has 0 aromatic carbocycles. The maximum atomic E-state index is 13.2. The van der Waals surface area contributed by atoms with Crippen LogP contribution in [0, 0.1) is 0 Å². The third-order valence-corrected chi connectivity index (χ3v) is 6.32. The van der Waals surface area contributed by atoms with Gasteiger partial charge in [-0.15, -0.1) is 0 Å². The Kier molecular flexibility index (Phi) is 3.13. The average Bonchev–Trinajstić information content (AvgIpc) is 2.83. The average molecular weight is 320 g/mol. The highest BCUT2D eigenvalue weighted by molar-refractivity contribution is 5.87. The smallest absolute Gasteiger partial charge is 0.300 e. The lowest BCUT2D eigenvalue weighted by Crippen LogP contribution is -2.63. The van der Waals surface area contributed by atoms with Gasteiger partial charge in [-0.05, 0) is 59.3 Å². The number of nitrogens with zero attached hydrogens (tertiary/aromatic N) is 4. The van der Waals surface area contributed by atoms with Gasteiger partial charge in [-0.3, -0.25) is 19.6 Å². The number of carbonyl (C=O) groups is 2. The molecule has 0 saturated carbocycles. The number of hydrogen-bond donors (Lipinski definition) is 0. The van der Waals surface area contributed by atoms with Crippen LogP contribution in [0.5, 0.6) is 0 Å². The van der Waals surface area contributed by atoms with Gasteiger partial charge in [0.1, 0.15) is 0 Å². The van der Waals surface area contributed by atoms with E-state index >= 15 is 0 Å². The van der Waals surface area contributed by atoms with E-state index < -0.39 is 5.66 Å². The van der Waals surface area contributed by atoms with Gasteiger partial charge in [0.05, 0.1) is 0 Å². The summed E-state index contributed by atoms with van der Waals surface area (Å²) in [6, 6.07) is 0.237. The first-order valence-corrected chi connectivity index (χ1v) is 9.08. The molecular weight excluding hydrogens is 292 g/mol. The van der Waals surface area contributed by atoms with Crippen LogP contribution in [0.3, 0.4) is 0 Å². The number of urea groups is 2. The fourth-order valence-corrected chi connectivity index (χ4v) is 5.32. The first-order valence-electron chi connectivity index (χ1n) is 9.08. The lowest BCUT2D eigenvalue weighted by molar-refractivity contribution is -0.0200. The molecule has 4 aliphatic heterocycles. The highest BCUT2D eigenvalue weighted by Gasteiger charge is 2.69. The van der Waals surface area contributed by atoms with Gasteiger partial charge in [0.15, 0.2) is 11.8 Å². The molecule has 4 amide bonds. The van der Waals surface area contributed by atoms with Crippen LogP contribution >= 0.6 is 0 Å². The molecule has 0 unspecified atom stereocenters. The summed E-state index contributed by atoms with van der Waals surface area (Å²) in [5.41, 5.74) is -0.756. The Hall–Kier alpha value is -1.46. The standard InChI is InChI=1S/C17H28N4O2/c1-16(2)9-5-8-11-19-13-17(3,21(16)15(19)23)20-12-7-4-6-10-18(13)14(20)22/h13H,4-12H2,1-3H3/t13-,17+/m1/s1. The van der Waals surface area contributed by atoms with E-state index in [4.69, 9.17) is 0 Å². The van der Waals surface area contributed by atoms with Crippen molar-refractivity contribution in [2.75, 3.05) is 19.6 Å². The lowest BCUT2D eigenvalue weighted by Gasteiger charge is -2.47. The topological polar surface area (TPSA) is 47.1 Å². The summed E-state index contributed by atoms with van der Waals surface area (Å²) in [6.45, 7) is 8.73. The molecule has 0 aromatic heterocycles. The van der Waals surface area contributed by atoms with Gasteiger partial charge in [0, 0.05) is 25.2 Å². The van der Waals surface area contributed by atoms with Crippen LogP contribution in [0.1, 0.15) is 59.3 Å². The monoisotopic (exact) mass is 320 g/mol. The predicted octanol–water partition coefficient (Wildman–Crippen LogP) is 2.65. The SMILES string of the molecule is CC1(C)CCCCN2C(=O)N1[C@@]1(C)[C@@H]2N2CCCCCN1C2=O. The first-order chi connectivity index (χ1) is 10.9. The number of rotatable bonds is 0. The van der Waals surface area contributed by atoms with Gasteiger partial charge in [-0.1, -0.05) is 0 Å². The zero-order chi connectivity index (χ0) is 16.4. The number of amides is 4. The molecule has 6 nitrogen and oxygen atoms in total. The van der Waals surface area contributed by atoms with E-state index in [9.17, 15) is 9.59 Å². The molecular formula is C17H28N4O2. The maximum absolute atomic E-state index is 13.2.